The van der Waals surface area contributed by atoms with Crippen LogP contribution in [0.15, 0.2) is 46.9 Å². The highest BCUT2D eigenvalue weighted by atomic mass is 79.9. The lowest BCUT2D eigenvalue weighted by Gasteiger charge is -2.15. The Bertz CT molecular complexity index is 579. The smallest absolute Gasteiger partial charge is 0.127 e. The van der Waals surface area contributed by atoms with Gasteiger partial charge in [-0.3, -0.25) is 0 Å². The quantitative estimate of drug-likeness (QED) is 0.809. The Morgan fingerprint density at radius 2 is 1.90 bits per heavy atom. The summed E-state index contributed by atoms with van der Waals surface area (Å²) in [6.07, 6.45) is 1.05. The molecule has 0 amide bonds. The van der Waals surface area contributed by atoms with Gasteiger partial charge < -0.3 is 10.1 Å². The van der Waals surface area contributed by atoms with E-state index in [1.165, 1.54) is 11.1 Å². The summed E-state index contributed by atoms with van der Waals surface area (Å²) in [5, 5.41) is 3.31. The molecule has 0 saturated carbocycles. The average molecular weight is 334 g/mol. The summed E-state index contributed by atoms with van der Waals surface area (Å²) < 4.78 is 7.04. The van der Waals surface area contributed by atoms with E-state index in [1.54, 1.807) is 0 Å². The first-order valence-corrected chi connectivity index (χ1v) is 7.64. The summed E-state index contributed by atoms with van der Waals surface area (Å²) in [7, 11) is 1.99. The first-order chi connectivity index (χ1) is 9.63. The molecule has 0 aliphatic carbocycles. The van der Waals surface area contributed by atoms with Crippen LogP contribution in [0, 0.1) is 6.92 Å². The zero-order valence-corrected chi connectivity index (χ0v) is 13.7. The van der Waals surface area contributed by atoms with Crippen molar-refractivity contribution in [2.24, 2.45) is 0 Å². The van der Waals surface area contributed by atoms with Crippen molar-refractivity contribution >= 4 is 15.9 Å². The van der Waals surface area contributed by atoms with Crippen LogP contribution in [0.1, 0.15) is 30.5 Å². The minimum atomic E-state index is 0.366. The molecule has 0 aromatic heterocycles. The van der Waals surface area contributed by atoms with E-state index < -0.39 is 0 Å². The number of aryl methyl sites for hydroxylation is 1. The lowest BCUT2D eigenvalue weighted by molar-refractivity contribution is 0.479. The van der Waals surface area contributed by atoms with E-state index in [1.807, 2.05) is 37.4 Å². The van der Waals surface area contributed by atoms with Gasteiger partial charge in [0.1, 0.15) is 11.5 Å². The molecule has 2 nitrogen and oxygen atoms in total. The zero-order valence-electron chi connectivity index (χ0n) is 12.1. The van der Waals surface area contributed by atoms with Crippen molar-refractivity contribution in [3.8, 4) is 11.5 Å². The van der Waals surface area contributed by atoms with Crippen molar-refractivity contribution in [2.75, 3.05) is 7.05 Å². The SMILES string of the molecule is CCC(NC)c1cccc(Oc2ccc(Br)c(C)c2)c1. The molecular formula is C17H20BrNO. The second kappa shape index (κ2) is 6.91. The van der Waals surface area contributed by atoms with E-state index in [2.05, 4.69) is 47.2 Å². The Morgan fingerprint density at radius 3 is 2.55 bits per heavy atom. The van der Waals surface area contributed by atoms with Crippen LogP contribution in [0.5, 0.6) is 11.5 Å². The largest absolute Gasteiger partial charge is 0.457 e. The predicted octanol–water partition coefficient (Wildman–Crippen LogP) is 5.22. The standard InChI is InChI=1S/C17H20BrNO/c1-4-17(19-3)13-6-5-7-14(11-13)20-15-8-9-16(18)12(2)10-15/h5-11,17,19H,4H2,1-3H3. The maximum absolute atomic E-state index is 5.95. The Balaban J connectivity index is 2.21. The number of hydrogen-bond acceptors (Lipinski definition) is 2. The van der Waals surface area contributed by atoms with Gasteiger partial charge in [-0.15, -0.1) is 0 Å². The molecule has 0 heterocycles. The van der Waals surface area contributed by atoms with Crippen LogP contribution in [0.4, 0.5) is 0 Å². The molecule has 0 saturated heterocycles. The molecule has 2 rings (SSSR count). The Labute approximate surface area is 129 Å². The van der Waals surface area contributed by atoms with Crippen molar-refractivity contribution < 1.29 is 4.74 Å². The van der Waals surface area contributed by atoms with Gasteiger partial charge in [0.15, 0.2) is 0 Å². The van der Waals surface area contributed by atoms with Gasteiger partial charge in [-0.05, 0) is 61.9 Å². The highest BCUT2D eigenvalue weighted by Crippen LogP contribution is 2.28. The van der Waals surface area contributed by atoms with Gasteiger partial charge in [0, 0.05) is 10.5 Å². The van der Waals surface area contributed by atoms with Crippen molar-refractivity contribution in [2.45, 2.75) is 26.3 Å². The number of benzene rings is 2. The molecule has 0 aliphatic rings. The highest BCUT2D eigenvalue weighted by Gasteiger charge is 2.08. The van der Waals surface area contributed by atoms with E-state index in [4.69, 9.17) is 4.74 Å². The molecule has 0 radical (unpaired) electrons. The molecule has 0 bridgehead atoms. The van der Waals surface area contributed by atoms with Gasteiger partial charge in [-0.25, -0.2) is 0 Å². The zero-order chi connectivity index (χ0) is 14.5. The van der Waals surface area contributed by atoms with Gasteiger partial charge in [0.2, 0.25) is 0 Å². The van der Waals surface area contributed by atoms with Crippen LogP contribution in [-0.2, 0) is 0 Å². The van der Waals surface area contributed by atoms with E-state index >= 15 is 0 Å². The van der Waals surface area contributed by atoms with Crippen LogP contribution in [0.25, 0.3) is 0 Å². The molecule has 1 N–H and O–H groups in total. The fraction of sp³-hybridized carbons (Fsp3) is 0.294. The average Bonchev–Trinajstić information content (AvgIpc) is 2.45. The van der Waals surface area contributed by atoms with E-state index in [0.29, 0.717) is 6.04 Å². The van der Waals surface area contributed by atoms with E-state index in [0.717, 1.165) is 22.4 Å². The second-order valence-electron chi connectivity index (χ2n) is 4.84. The number of ether oxygens (including phenoxy) is 1. The van der Waals surface area contributed by atoms with Crippen molar-refractivity contribution in [3.63, 3.8) is 0 Å². The number of nitrogens with one attached hydrogen (secondary N) is 1. The van der Waals surface area contributed by atoms with Gasteiger partial charge in [-0.2, -0.15) is 0 Å². The van der Waals surface area contributed by atoms with Crippen molar-refractivity contribution in [1.82, 2.24) is 5.32 Å². The van der Waals surface area contributed by atoms with Crippen molar-refractivity contribution in [3.05, 3.63) is 58.1 Å². The number of halogens is 1. The Hall–Kier alpha value is -1.32. The lowest BCUT2D eigenvalue weighted by Crippen LogP contribution is -2.14. The molecule has 0 spiro atoms. The van der Waals surface area contributed by atoms with E-state index in [9.17, 15) is 0 Å². The van der Waals surface area contributed by atoms with Crippen LogP contribution in [0.2, 0.25) is 0 Å². The third-order valence-electron chi connectivity index (χ3n) is 3.38. The number of rotatable bonds is 5. The molecular weight excluding hydrogens is 314 g/mol. The fourth-order valence-electron chi connectivity index (χ4n) is 2.22. The third kappa shape index (κ3) is 3.62. The maximum atomic E-state index is 5.95. The van der Waals surface area contributed by atoms with Crippen LogP contribution in [-0.4, -0.2) is 7.05 Å². The molecule has 3 heteroatoms. The first-order valence-electron chi connectivity index (χ1n) is 6.85. The van der Waals surface area contributed by atoms with Crippen LogP contribution >= 0.6 is 15.9 Å². The molecule has 0 fully saturated rings. The first kappa shape index (κ1) is 15.1. The van der Waals surface area contributed by atoms with Gasteiger partial charge in [-0.1, -0.05) is 35.0 Å². The molecule has 0 aliphatic heterocycles. The fourth-order valence-corrected chi connectivity index (χ4v) is 2.46. The predicted molar refractivity (Wildman–Crippen MR) is 87.5 cm³/mol. The highest BCUT2D eigenvalue weighted by molar-refractivity contribution is 9.10. The van der Waals surface area contributed by atoms with Gasteiger partial charge in [0.25, 0.3) is 0 Å². The molecule has 20 heavy (non-hydrogen) atoms. The Kier molecular flexibility index (Phi) is 5.21. The molecule has 106 valence electrons. The Morgan fingerprint density at radius 1 is 1.15 bits per heavy atom. The van der Waals surface area contributed by atoms with E-state index in [-0.39, 0.29) is 0 Å². The lowest BCUT2D eigenvalue weighted by atomic mass is 10.0. The molecule has 1 unspecified atom stereocenters. The molecule has 1 atom stereocenters. The van der Waals surface area contributed by atoms with Gasteiger partial charge in [0.05, 0.1) is 0 Å². The second-order valence-corrected chi connectivity index (χ2v) is 5.69. The third-order valence-corrected chi connectivity index (χ3v) is 4.27. The summed E-state index contributed by atoms with van der Waals surface area (Å²) in [4.78, 5) is 0. The molecule has 2 aromatic carbocycles. The van der Waals surface area contributed by atoms with Gasteiger partial charge >= 0.3 is 0 Å². The minimum absolute atomic E-state index is 0.366. The maximum Gasteiger partial charge on any atom is 0.127 e. The molecule has 2 aromatic rings. The summed E-state index contributed by atoms with van der Waals surface area (Å²) >= 11 is 3.50. The normalized spacial score (nSPS) is 12.2. The van der Waals surface area contributed by atoms with Crippen LogP contribution < -0.4 is 10.1 Å². The summed E-state index contributed by atoms with van der Waals surface area (Å²) in [6, 6.07) is 14.6. The summed E-state index contributed by atoms with van der Waals surface area (Å²) in [6.45, 7) is 4.23. The minimum Gasteiger partial charge on any atom is -0.457 e. The van der Waals surface area contributed by atoms with Crippen LogP contribution in [0.3, 0.4) is 0 Å². The number of hydrogen-bond donors (Lipinski definition) is 1. The topological polar surface area (TPSA) is 21.3 Å². The summed E-state index contributed by atoms with van der Waals surface area (Å²) in [5.41, 5.74) is 2.42. The summed E-state index contributed by atoms with van der Waals surface area (Å²) in [5.74, 6) is 1.73. The van der Waals surface area contributed by atoms with Crippen molar-refractivity contribution in [1.29, 1.82) is 0 Å². The monoisotopic (exact) mass is 333 g/mol.